The van der Waals surface area contributed by atoms with Gasteiger partial charge in [0.05, 0.1) is 12.1 Å². The number of carbonyl (C=O) groups excluding carboxylic acids is 4. The van der Waals surface area contributed by atoms with Gasteiger partial charge in [-0.15, -0.1) is 0 Å². The predicted octanol–water partition coefficient (Wildman–Crippen LogP) is 0.558. The molecule has 1 aromatic rings. The molecule has 8 nitrogen and oxygen atoms in total. The van der Waals surface area contributed by atoms with Crippen molar-refractivity contribution in [2.24, 2.45) is 0 Å². The monoisotopic (exact) mass is 439 g/mol. The molecule has 4 atom stereocenters. The van der Waals surface area contributed by atoms with E-state index in [2.05, 4.69) is 10.6 Å². The first-order valence-electron chi connectivity index (χ1n) is 11.6. The van der Waals surface area contributed by atoms with Gasteiger partial charge in [-0.1, -0.05) is 30.3 Å². The first-order valence-corrected chi connectivity index (χ1v) is 11.6. The molecule has 1 radical (unpaired) electrons. The van der Waals surface area contributed by atoms with E-state index in [9.17, 15) is 19.2 Å². The van der Waals surface area contributed by atoms with Gasteiger partial charge in [0.2, 0.25) is 24.0 Å². The Hall–Kier alpha value is -2.74. The van der Waals surface area contributed by atoms with Gasteiger partial charge in [0.25, 0.3) is 0 Å². The van der Waals surface area contributed by atoms with Gasteiger partial charge in [-0.3, -0.25) is 19.2 Å². The number of benzene rings is 1. The molecule has 3 aliphatic heterocycles. The molecule has 2 N–H and O–H groups in total. The minimum absolute atomic E-state index is 0.00275. The Morgan fingerprint density at radius 1 is 0.969 bits per heavy atom. The van der Waals surface area contributed by atoms with Crippen molar-refractivity contribution in [3.8, 4) is 0 Å². The van der Waals surface area contributed by atoms with Gasteiger partial charge in [-0.2, -0.15) is 0 Å². The Labute approximate surface area is 188 Å². The Morgan fingerprint density at radius 3 is 2.31 bits per heavy atom. The van der Waals surface area contributed by atoms with Gasteiger partial charge in [0.1, 0.15) is 12.1 Å². The van der Waals surface area contributed by atoms with E-state index in [1.807, 2.05) is 36.6 Å². The summed E-state index contributed by atoms with van der Waals surface area (Å²) in [6.45, 7) is 1.90. The Morgan fingerprint density at radius 2 is 1.66 bits per heavy atom. The van der Waals surface area contributed by atoms with E-state index in [-0.39, 0.29) is 23.8 Å². The summed E-state index contributed by atoms with van der Waals surface area (Å²) in [6.07, 6.45) is 6.73. The van der Waals surface area contributed by atoms with Crippen molar-refractivity contribution < 1.29 is 19.2 Å². The average Bonchev–Trinajstić information content (AvgIpc) is 3.59. The zero-order chi connectivity index (χ0) is 22.5. The minimum Gasteiger partial charge on any atom is -0.344 e. The third-order valence-electron chi connectivity index (χ3n) is 6.76. The third-order valence-corrected chi connectivity index (χ3v) is 6.76. The number of nitrogens with zero attached hydrogens (tertiary/aromatic N) is 2. The molecular formula is C24H31N4O4. The van der Waals surface area contributed by atoms with Crippen molar-refractivity contribution in [3.63, 3.8) is 0 Å². The van der Waals surface area contributed by atoms with Crippen molar-refractivity contribution in [1.82, 2.24) is 20.4 Å². The van der Waals surface area contributed by atoms with Crippen LogP contribution in [0.2, 0.25) is 0 Å². The summed E-state index contributed by atoms with van der Waals surface area (Å²) in [5.41, 5.74) is 0.932. The van der Waals surface area contributed by atoms with Crippen LogP contribution in [0.25, 0.3) is 0 Å². The maximum absolute atomic E-state index is 13.4. The number of rotatable bonds is 7. The van der Waals surface area contributed by atoms with Crippen LogP contribution in [0, 0.1) is 0 Å². The molecule has 3 aliphatic rings. The first kappa shape index (κ1) is 22.5. The summed E-state index contributed by atoms with van der Waals surface area (Å²) >= 11 is 0. The maximum Gasteiger partial charge on any atom is 0.246 e. The highest BCUT2D eigenvalue weighted by Gasteiger charge is 2.43. The smallest absolute Gasteiger partial charge is 0.246 e. The highest BCUT2D eigenvalue weighted by Crippen LogP contribution is 2.26. The molecule has 3 heterocycles. The topological polar surface area (TPSA) is 98.8 Å². The Balaban J connectivity index is 1.39. The quantitative estimate of drug-likeness (QED) is 0.647. The highest BCUT2D eigenvalue weighted by atomic mass is 16.2. The standard InChI is InChI=1S/C24H31N4O4/c29-16-18(15-17-7-2-1-3-8-17)26-22(30)20-10-5-13-27(20)24(32)21-11-6-14-28(21)23(31)19-9-4-12-25-19/h1-3,7-8,18-21,25H,4-6,9-15H2,(H,26,30)/t18-,19-,20-,21-/m0/s1. The molecule has 8 heteroatoms. The lowest BCUT2D eigenvalue weighted by molar-refractivity contribution is -0.147. The van der Waals surface area contributed by atoms with Crippen LogP contribution in [0.1, 0.15) is 44.1 Å². The molecule has 0 bridgehead atoms. The zero-order valence-corrected chi connectivity index (χ0v) is 18.3. The van der Waals surface area contributed by atoms with Crippen LogP contribution >= 0.6 is 0 Å². The SMILES string of the molecule is O=[C][C@H](Cc1ccccc1)NC(=O)[C@@H]1CCCN1C(=O)[C@@H]1CCCN1C(=O)[C@@H]1CCCN1. The van der Waals surface area contributed by atoms with E-state index in [1.165, 1.54) is 0 Å². The van der Waals surface area contributed by atoms with Crippen molar-refractivity contribution in [2.75, 3.05) is 19.6 Å². The lowest BCUT2D eigenvalue weighted by atomic mass is 10.1. The van der Waals surface area contributed by atoms with Gasteiger partial charge in [0.15, 0.2) is 0 Å². The van der Waals surface area contributed by atoms with Crippen molar-refractivity contribution in [1.29, 1.82) is 0 Å². The molecule has 0 saturated carbocycles. The summed E-state index contributed by atoms with van der Waals surface area (Å²) in [7, 11) is 0. The summed E-state index contributed by atoms with van der Waals surface area (Å²) in [5, 5.41) is 5.98. The van der Waals surface area contributed by atoms with Crippen LogP contribution in [-0.4, -0.2) is 77.6 Å². The molecule has 0 spiro atoms. The second-order valence-corrected chi connectivity index (χ2v) is 8.90. The lowest BCUT2D eigenvalue weighted by Crippen LogP contribution is -2.55. The fourth-order valence-electron chi connectivity index (χ4n) is 5.12. The molecule has 0 unspecified atom stereocenters. The summed E-state index contributed by atoms with van der Waals surface area (Å²) in [5.74, 6) is -0.480. The third kappa shape index (κ3) is 4.85. The van der Waals surface area contributed by atoms with E-state index in [0.717, 1.165) is 37.8 Å². The van der Waals surface area contributed by atoms with Gasteiger partial charge >= 0.3 is 0 Å². The fourth-order valence-corrected chi connectivity index (χ4v) is 5.12. The van der Waals surface area contributed by atoms with E-state index in [0.29, 0.717) is 32.4 Å². The van der Waals surface area contributed by atoms with E-state index in [4.69, 9.17) is 0 Å². The van der Waals surface area contributed by atoms with Crippen molar-refractivity contribution in [2.45, 2.75) is 69.1 Å². The van der Waals surface area contributed by atoms with Crippen LogP contribution in [0.15, 0.2) is 30.3 Å². The molecule has 171 valence electrons. The second-order valence-electron chi connectivity index (χ2n) is 8.90. The zero-order valence-electron chi connectivity index (χ0n) is 18.3. The van der Waals surface area contributed by atoms with Crippen LogP contribution in [0.5, 0.6) is 0 Å². The first-order chi connectivity index (χ1) is 15.6. The van der Waals surface area contributed by atoms with Gasteiger partial charge in [-0.05, 0) is 50.6 Å². The highest BCUT2D eigenvalue weighted by molar-refractivity contribution is 5.94. The molecule has 1 aromatic carbocycles. The Kier molecular flexibility index (Phi) is 7.19. The largest absolute Gasteiger partial charge is 0.344 e. The average molecular weight is 440 g/mol. The number of hydrogen-bond donors (Lipinski definition) is 2. The Bertz CT molecular complexity index is 840. The second kappa shape index (κ2) is 10.3. The van der Waals surface area contributed by atoms with Gasteiger partial charge < -0.3 is 20.4 Å². The molecule has 3 saturated heterocycles. The molecular weight excluding hydrogens is 408 g/mol. The predicted molar refractivity (Wildman–Crippen MR) is 118 cm³/mol. The maximum atomic E-state index is 13.4. The number of amides is 3. The van der Waals surface area contributed by atoms with Crippen LogP contribution < -0.4 is 10.6 Å². The number of likely N-dealkylation sites (tertiary alicyclic amines) is 2. The van der Waals surface area contributed by atoms with Crippen LogP contribution in [0.3, 0.4) is 0 Å². The fraction of sp³-hybridized carbons (Fsp3) is 0.583. The molecule has 3 amide bonds. The van der Waals surface area contributed by atoms with Gasteiger partial charge in [0, 0.05) is 19.5 Å². The van der Waals surface area contributed by atoms with E-state index >= 15 is 0 Å². The minimum atomic E-state index is -0.763. The number of nitrogens with one attached hydrogen (secondary N) is 2. The van der Waals surface area contributed by atoms with Crippen molar-refractivity contribution in [3.05, 3.63) is 35.9 Å². The summed E-state index contributed by atoms with van der Waals surface area (Å²) in [4.78, 5) is 54.1. The summed E-state index contributed by atoms with van der Waals surface area (Å²) in [6, 6.07) is 7.36. The molecule has 4 rings (SSSR count). The lowest BCUT2D eigenvalue weighted by Gasteiger charge is -2.32. The molecule has 0 aliphatic carbocycles. The molecule has 32 heavy (non-hydrogen) atoms. The van der Waals surface area contributed by atoms with E-state index < -0.39 is 18.1 Å². The summed E-state index contributed by atoms with van der Waals surface area (Å²) < 4.78 is 0. The van der Waals surface area contributed by atoms with Crippen LogP contribution in [-0.2, 0) is 25.6 Å². The van der Waals surface area contributed by atoms with Gasteiger partial charge in [-0.25, -0.2) is 0 Å². The van der Waals surface area contributed by atoms with Crippen LogP contribution in [0.4, 0.5) is 0 Å². The normalized spacial score (nSPS) is 26.2. The molecule has 3 fully saturated rings. The molecule has 0 aromatic heterocycles. The van der Waals surface area contributed by atoms with E-state index in [1.54, 1.807) is 9.80 Å². The van der Waals surface area contributed by atoms with Crippen molar-refractivity contribution >= 4 is 24.0 Å². The number of hydrogen-bond acceptors (Lipinski definition) is 5. The number of carbonyl (C=O) groups is 3.